The molecule has 1 fully saturated rings. The molecule has 0 aliphatic carbocycles. The van der Waals surface area contributed by atoms with Crippen LogP contribution in [0, 0.1) is 20.8 Å². The number of aromatic amines is 1. The Labute approximate surface area is 217 Å². The molecule has 1 aliphatic heterocycles. The molecule has 4 heterocycles. The van der Waals surface area contributed by atoms with Gasteiger partial charge in [-0.05, 0) is 62.8 Å². The van der Waals surface area contributed by atoms with Crippen molar-refractivity contribution < 1.29 is 9.21 Å². The number of carbonyl (C=O) groups excluding carboxylic acids is 1. The summed E-state index contributed by atoms with van der Waals surface area (Å²) in [7, 11) is 0. The summed E-state index contributed by atoms with van der Waals surface area (Å²) in [6.07, 6.45) is 6.27. The number of oxazole rings is 1. The van der Waals surface area contributed by atoms with Crippen molar-refractivity contribution >= 4 is 22.8 Å². The third-order valence-corrected chi connectivity index (χ3v) is 7.70. The molecule has 1 aliphatic rings. The monoisotopic (exact) mass is 510 g/mol. The van der Waals surface area contributed by atoms with Gasteiger partial charge < -0.3 is 14.7 Å². The van der Waals surface area contributed by atoms with E-state index in [1.165, 1.54) is 16.0 Å². The number of thiophene rings is 1. The molecule has 3 aromatic heterocycles. The number of aryl methyl sites for hydroxylation is 2. The van der Waals surface area contributed by atoms with Crippen LogP contribution in [0.2, 0.25) is 0 Å². The number of amides is 1. The maximum Gasteiger partial charge on any atom is 0.253 e. The standard InChI is InChI=1S/C26H32N4O3S.C2H6/c1-5-20(19-6-9-30(10-7-19)14-23-27-8-11-33-23)24-18(4)22(15-34-24)25(31)28-13-21-16(2)12-17(3)29-26(21)32;1-2/h8,11-12,15H,5-7,9-10,13-14H2,1-4H3,(H,28,31)(H,29,32);1-2H3. The lowest BCUT2D eigenvalue weighted by molar-refractivity contribution is 0.0950. The molecule has 0 radical (unpaired) electrons. The molecule has 0 bridgehead atoms. The number of carbonyl (C=O) groups is 1. The van der Waals surface area contributed by atoms with Crippen LogP contribution in [0.25, 0.3) is 5.57 Å². The third-order valence-electron chi connectivity index (χ3n) is 6.56. The average Bonchev–Trinajstić information content (AvgIpc) is 3.51. The normalized spacial score (nSPS) is 13.8. The van der Waals surface area contributed by atoms with Gasteiger partial charge in [0.15, 0.2) is 0 Å². The number of pyridine rings is 1. The summed E-state index contributed by atoms with van der Waals surface area (Å²) in [5, 5.41) is 4.89. The molecule has 0 aromatic carbocycles. The van der Waals surface area contributed by atoms with Gasteiger partial charge in [-0.25, -0.2) is 4.98 Å². The molecule has 4 rings (SSSR count). The van der Waals surface area contributed by atoms with Crippen molar-refractivity contribution in [1.29, 1.82) is 0 Å². The first kappa shape index (κ1) is 27.6. The highest BCUT2D eigenvalue weighted by Crippen LogP contribution is 2.36. The minimum absolute atomic E-state index is 0.138. The highest BCUT2D eigenvalue weighted by molar-refractivity contribution is 7.11. The van der Waals surface area contributed by atoms with Crippen molar-refractivity contribution in [1.82, 2.24) is 20.2 Å². The quantitative estimate of drug-likeness (QED) is 0.421. The second-order valence-electron chi connectivity index (χ2n) is 8.87. The number of hydrogen-bond acceptors (Lipinski definition) is 6. The Kier molecular flexibility index (Phi) is 9.84. The highest BCUT2D eigenvalue weighted by atomic mass is 32.1. The predicted octanol–water partition coefficient (Wildman–Crippen LogP) is 5.77. The number of likely N-dealkylation sites (tertiary alicyclic amines) is 1. The number of H-pyrrole nitrogens is 1. The first-order valence-corrected chi connectivity index (χ1v) is 13.6. The summed E-state index contributed by atoms with van der Waals surface area (Å²) in [6, 6.07) is 1.92. The van der Waals surface area contributed by atoms with E-state index in [0.717, 1.165) is 61.6 Å². The van der Waals surface area contributed by atoms with Crippen molar-refractivity contribution in [3.05, 3.63) is 78.5 Å². The highest BCUT2D eigenvalue weighted by Gasteiger charge is 2.22. The van der Waals surface area contributed by atoms with Gasteiger partial charge in [-0.15, -0.1) is 11.3 Å². The average molecular weight is 511 g/mol. The van der Waals surface area contributed by atoms with Gasteiger partial charge >= 0.3 is 0 Å². The minimum atomic E-state index is -0.146. The van der Waals surface area contributed by atoms with E-state index in [1.54, 1.807) is 23.8 Å². The van der Waals surface area contributed by atoms with E-state index < -0.39 is 0 Å². The van der Waals surface area contributed by atoms with Crippen LogP contribution in [0.5, 0.6) is 0 Å². The molecule has 0 unspecified atom stereocenters. The van der Waals surface area contributed by atoms with Gasteiger partial charge in [0.2, 0.25) is 5.89 Å². The lowest BCUT2D eigenvalue weighted by Crippen LogP contribution is -2.30. The summed E-state index contributed by atoms with van der Waals surface area (Å²) in [4.78, 5) is 35.9. The fourth-order valence-corrected chi connectivity index (χ4v) is 5.92. The second-order valence-corrected chi connectivity index (χ2v) is 9.75. The van der Waals surface area contributed by atoms with Crippen molar-refractivity contribution in [2.75, 3.05) is 13.1 Å². The van der Waals surface area contributed by atoms with E-state index in [2.05, 4.69) is 27.1 Å². The molecule has 1 saturated heterocycles. The van der Waals surface area contributed by atoms with Crippen LogP contribution in [0.4, 0.5) is 0 Å². The van der Waals surface area contributed by atoms with Crippen LogP contribution in [-0.2, 0) is 13.1 Å². The number of hydrogen-bond donors (Lipinski definition) is 2. The van der Waals surface area contributed by atoms with E-state index in [0.29, 0.717) is 11.1 Å². The largest absolute Gasteiger partial charge is 0.448 e. The zero-order chi connectivity index (χ0) is 26.2. The number of nitrogens with zero attached hydrogens (tertiary/aromatic N) is 2. The van der Waals surface area contributed by atoms with E-state index in [-0.39, 0.29) is 18.0 Å². The number of piperidine rings is 1. The van der Waals surface area contributed by atoms with Gasteiger partial charge in [-0.1, -0.05) is 26.3 Å². The molecule has 0 atom stereocenters. The lowest BCUT2D eigenvalue weighted by Gasteiger charge is -2.28. The van der Waals surface area contributed by atoms with Gasteiger partial charge in [-0.2, -0.15) is 0 Å². The van der Waals surface area contributed by atoms with Gasteiger partial charge in [0.05, 0.1) is 18.3 Å². The summed E-state index contributed by atoms with van der Waals surface area (Å²) in [5.74, 6) is 0.622. The van der Waals surface area contributed by atoms with Crippen molar-refractivity contribution in [2.24, 2.45) is 0 Å². The van der Waals surface area contributed by atoms with Crippen molar-refractivity contribution in [3.63, 3.8) is 0 Å². The SMILES string of the molecule is CC.CCC(=C1CCN(Cc2ncco2)CC1)c1scc(C(=O)NCc2c(C)cc(C)[nH]c2=O)c1C. The maximum atomic E-state index is 13.0. The molecule has 36 heavy (non-hydrogen) atoms. The third kappa shape index (κ3) is 6.42. The van der Waals surface area contributed by atoms with Crippen LogP contribution in [0.1, 0.15) is 83.5 Å². The van der Waals surface area contributed by atoms with Crippen molar-refractivity contribution in [2.45, 2.75) is 73.9 Å². The van der Waals surface area contributed by atoms with Crippen LogP contribution < -0.4 is 10.9 Å². The molecular formula is C28H38N4O3S. The molecule has 8 heteroatoms. The van der Waals surface area contributed by atoms with Gasteiger partial charge in [0, 0.05) is 41.1 Å². The van der Waals surface area contributed by atoms with E-state index in [1.807, 2.05) is 46.1 Å². The van der Waals surface area contributed by atoms with Gasteiger partial charge in [-0.3, -0.25) is 14.5 Å². The molecule has 2 N–H and O–H groups in total. The molecule has 7 nitrogen and oxygen atoms in total. The first-order chi connectivity index (χ1) is 17.4. The second kappa shape index (κ2) is 12.8. The molecule has 1 amide bonds. The van der Waals surface area contributed by atoms with Gasteiger partial charge in [0.1, 0.15) is 6.26 Å². The Morgan fingerprint density at radius 3 is 2.56 bits per heavy atom. The van der Waals surface area contributed by atoms with Crippen LogP contribution in [0.15, 0.2) is 38.7 Å². The molecule has 0 spiro atoms. The maximum absolute atomic E-state index is 13.0. The Balaban J connectivity index is 0.00000176. The Bertz CT molecular complexity index is 1240. The zero-order valence-corrected chi connectivity index (χ0v) is 23.1. The predicted molar refractivity (Wildman–Crippen MR) is 146 cm³/mol. The molecular weight excluding hydrogens is 472 g/mol. The number of nitrogens with one attached hydrogen (secondary N) is 2. The molecule has 0 saturated carbocycles. The van der Waals surface area contributed by atoms with Crippen LogP contribution in [-0.4, -0.2) is 33.9 Å². The number of rotatable bonds is 7. The topological polar surface area (TPSA) is 91.2 Å². The van der Waals surface area contributed by atoms with E-state index in [9.17, 15) is 9.59 Å². The molecule has 3 aromatic rings. The number of allylic oxidation sites excluding steroid dienone is 1. The fraction of sp³-hybridized carbons (Fsp3) is 0.464. The van der Waals surface area contributed by atoms with E-state index >= 15 is 0 Å². The first-order valence-electron chi connectivity index (χ1n) is 12.7. The van der Waals surface area contributed by atoms with Crippen LogP contribution in [0.3, 0.4) is 0 Å². The van der Waals surface area contributed by atoms with Gasteiger partial charge in [0.25, 0.3) is 11.5 Å². The summed E-state index contributed by atoms with van der Waals surface area (Å²) in [5.41, 5.74) is 6.70. The Morgan fingerprint density at radius 2 is 1.94 bits per heavy atom. The lowest BCUT2D eigenvalue weighted by atomic mass is 9.93. The van der Waals surface area contributed by atoms with Crippen LogP contribution >= 0.6 is 11.3 Å². The smallest absolute Gasteiger partial charge is 0.253 e. The Morgan fingerprint density at radius 1 is 1.22 bits per heavy atom. The van der Waals surface area contributed by atoms with Crippen molar-refractivity contribution in [3.8, 4) is 0 Å². The fourth-order valence-electron chi connectivity index (χ4n) is 4.68. The summed E-state index contributed by atoms with van der Waals surface area (Å²) in [6.45, 7) is 14.9. The summed E-state index contributed by atoms with van der Waals surface area (Å²) >= 11 is 1.64. The van der Waals surface area contributed by atoms with E-state index in [4.69, 9.17) is 4.42 Å². The zero-order valence-electron chi connectivity index (χ0n) is 22.3. The Hall–Kier alpha value is -2.97. The summed E-state index contributed by atoms with van der Waals surface area (Å²) < 4.78 is 5.39. The molecule has 194 valence electrons. The number of aromatic nitrogens is 2. The minimum Gasteiger partial charge on any atom is -0.448 e.